The fourth-order valence-corrected chi connectivity index (χ4v) is 3.02. The van der Waals surface area contributed by atoms with Crippen LogP contribution in [0.3, 0.4) is 0 Å². The fraction of sp³-hybridized carbons (Fsp3) is 0.353. The lowest BCUT2D eigenvalue weighted by Gasteiger charge is -2.38. The molecule has 1 N–H and O–H groups in total. The maximum Gasteiger partial charge on any atom is 0.271 e. The van der Waals surface area contributed by atoms with Gasteiger partial charge in [-0.05, 0) is 30.5 Å². The molecule has 1 aromatic heterocycles. The fourth-order valence-electron chi connectivity index (χ4n) is 2.89. The molecule has 0 spiro atoms. The molecule has 5 nitrogen and oxygen atoms in total. The molecule has 120 valence electrons. The van der Waals surface area contributed by atoms with Crippen molar-refractivity contribution in [2.75, 3.05) is 19.8 Å². The number of amides is 1. The first-order chi connectivity index (χ1) is 11.2. The summed E-state index contributed by atoms with van der Waals surface area (Å²) in [7, 11) is 0. The van der Waals surface area contributed by atoms with Gasteiger partial charge in [0.05, 0.1) is 6.20 Å². The Hall–Kier alpha value is -1.98. The standard InChI is InChI=1S/C17H18ClN3O2/c18-14-3-1-13(2-4-14)17(5-9-23-10-6-17)12-21-16(22)15-11-19-7-8-20-15/h1-4,7-8,11H,5-6,9-10,12H2,(H,21,22). The maximum atomic E-state index is 12.2. The molecule has 1 saturated heterocycles. The molecule has 1 amide bonds. The van der Waals surface area contributed by atoms with Crippen LogP contribution in [0.1, 0.15) is 28.9 Å². The quantitative estimate of drug-likeness (QED) is 0.935. The number of ether oxygens (including phenoxy) is 1. The van der Waals surface area contributed by atoms with Crippen molar-refractivity contribution in [3.8, 4) is 0 Å². The van der Waals surface area contributed by atoms with E-state index < -0.39 is 0 Å². The van der Waals surface area contributed by atoms with Gasteiger partial charge in [0.25, 0.3) is 5.91 Å². The largest absolute Gasteiger partial charge is 0.381 e. The summed E-state index contributed by atoms with van der Waals surface area (Å²) in [6, 6.07) is 7.83. The number of nitrogens with one attached hydrogen (secondary N) is 1. The number of benzene rings is 1. The highest BCUT2D eigenvalue weighted by atomic mass is 35.5. The molecule has 23 heavy (non-hydrogen) atoms. The van der Waals surface area contributed by atoms with Crippen molar-refractivity contribution >= 4 is 17.5 Å². The second kappa shape index (κ2) is 7.06. The molecule has 1 fully saturated rings. The first kappa shape index (κ1) is 15.9. The highest BCUT2D eigenvalue weighted by Crippen LogP contribution is 2.34. The molecule has 6 heteroatoms. The Bertz CT molecular complexity index is 655. The highest BCUT2D eigenvalue weighted by Gasteiger charge is 2.35. The number of hydrogen-bond donors (Lipinski definition) is 1. The Morgan fingerprint density at radius 2 is 1.96 bits per heavy atom. The topological polar surface area (TPSA) is 64.1 Å². The van der Waals surface area contributed by atoms with Crippen LogP contribution in [0, 0.1) is 0 Å². The molecule has 2 aromatic rings. The van der Waals surface area contributed by atoms with Gasteiger partial charge in [0, 0.05) is 42.6 Å². The van der Waals surface area contributed by atoms with Crippen LogP contribution in [-0.2, 0) is 10.2 Å². The minimum Gasteiger partial charge on any atom is -0.381 e. The van der Waals surface area contributed by atoms with Crippen molar-refractivity contribution in [2.45, 2.75) is 18.3 Å². The molecule has 1 aliphatic heterocycles. The van der Waals surface area contributed by atoms with Gasteiger partial charge in [-0.25, -0.2) is 4.98 Å². The number of halogens is 1. The van der Waals surface area contributed by atoms with E-state index >= 15 is 0 Å². The van der Waals surface area contributed by atoms with Crippen LogP contribution in [0.2, 0.25) is 5.02 Å². The summed E-state index contributed by atoms with van der Waals surface area (Å²) in [4.78, 5) is 20.2. The predicted molar refractivity (Wildman–Crippen MR) is 87.5 cm³/mol. The number of carbonyl (C=O) groups is 1. The Labute approximate surface area is 140 Å². The summed E-state index contributed by atoms with van der Waals surface area (Å²) in [5.41, 5.74) is 1.36. The monoisotopic (exact) mass is 331 g/mol. The molecular weight excluding hydrogens is 314 g/mol. The number of carbonyl (C=O) groups excluding carboxylic acids is 1. The maximum absolute atomic E-state index is 12.2. The second-order valence-electron chi connectivity index (χ2n) is 5.67. The average Bonchev–Trinajstić information content (AvgIpc) is 2.62. The van der Waals surface area contributed by atoms with Crippen molar-refractivity contribution in [1.29, 1.82) is 0 Å². The minimum atomic E-state index is -0.210. The van der Waals surface area contributed by atoms with Crippen LogP contribution in [0.25, 0.3) is 0 Å². The zero-order valence-electron chi connectivity index (χ0n) is 12.7. The third-order valence-electron chi connectivity index (χ3n) is 4.29. The number of rotatable bonds is 4. The normalized spacial score (nSPS) is 16.7. The number of nitrogens with zero attached hydrogens (tertiary/aromatic N) is 2. The smallest absolute Gasteiger partial charge is 0.271 e. The lowest BCUT2D eigenvalue weighted by molar-refractivity contribution is 0.0486. The minimum absolute atomic E-state index is 0.138. The zero-order valence-corrected chi connectivity index (χ0v) is 13.4. The molecule has 0 bridgehead atoms. The predicted octanol–water partition coefficient (Wildman–Crippen LogP) is 2.61. The molecule has 0 aliphatic carbocycles. The van der Waals surface area contributed by atoms with E-state index in [4.69, 9.17) is 16.3 Å². The third-order valence-corrected chi connectivity index (χ3v) is 4.54. The first-order valence-electron chi connectivity index (χ1n) is 7.58. The van der Waals surface area contributed by atoms with Gasteiger partial charge in [-0.1, -0.05) is 23.7 Å². The van der Waals surface area contributed by atoms with Gasteiger partial charge < -0.3 is 10.1 Å². The summed E-state index contributed by atoms with van der Waals surface area (Å²) in [5.74, 6) is -0.210. The summed E-state index contributed by atoms with van der Waals surface area (Å²) in [6.45, 7) is 1.90. The number of hydrogen-bond acceptors (Lipinski definition) is 4. The molecule has 0 unspecified atom stereocenters. The second-order valence-corrected chi connectivity index (χ2v) is 6.11. The summed E-state index contributed by atoms with van der Waals surface area (Å²) in [6.07, 6.45) is 6.24. The van der Waals surface area contributed by atoms with Gasteiger partial charge in [-0.3, -0.25) is 9.78 Å². The Morgan fingerprint density at radius 1 is 1.22 bits per heavy atom. The molecule has 3 rings (SSSR count). The van der Waals surface area contributed by atoms with Crippen LogP contribution in [0.5, 0.6) is 0 Å². The van der Waals surface area contributed by atoms with Crippen LogP contribution >= 0.6 is 11.6 Å². The zero-order chi connectivity index (χ0) is 16.1. The van der Waals surface area contributed by atoms with E-state index in [1.54, 1.807) is 6.20 Å². The van der Waals surface area contributed by atoms with E-state index in [1.807, 2.05) is 24.3 Å². The molecule has 1 aliphatic rings. The summed E-state index contributed by atoms with van der Waals surface area (Å²) < 4.78 is 5.50. The number of aromatic nitrogens is 2. The molecule has 0 saturated carbocycles. The van der Waals surface area contributed by atoms with Crippen molar-refractivity contribution in [1.82, 2.24) is 15.3 Å². The van der Waals surface area contributed by atoms with E-state index in [2.05, 4.69) is 15.3 Å². The van der Waals surface area contributed by atoms with Gasteiger partial charge in [0.15, 0.2) is 0 Å². The third kappa shape index (κ3) is 3.68. The van der Waals surface area contributed by atoms with Gasteiger partial charge in [0.2, 0.25) is 0 Å². The van der Waals surface area contributed by atoms with Gasteiger partial charge in [0.1, 0.15) is 5.69 Å². The first-order valence-corrected chi connectivity index (χ1v) is 7.95. The molecule has 0 atom stereocenters. The van der Waals surface area contributed by atoms with E-state index in [-0.39, 0.29) is 11.3 Å². The van der Waals surface area contributed by atoms with Crippen molar-refractivity contribution < 1.29 is 9.53 Å². The van der Waals surface area contributed by atoms with Crippen molar-refractivity contribution in [2.24, 2.45) is 0 Å². The van der Waals surface area contributed by atoms with Crippen LogP contribution in [-0.4, -0.2) is 35.6 Å². The van der Waals surface area contributed by atoms with E-state index in [1.165, 1.54) is 18.0 Å². The SMILES string of the molecule is O=C(NCC1(c2ccc(Cl)cc2)CCOCC1)c1cnccn1. The Morgan fingerprint density at radius 3 is 2.61 bits per heavy atom. The van der Waals surface area contributed by atoms with Crippen LogP contribution < -0.4 is 5.32 Å². The molecule has 2 heterocycles. The average molecular weight is 332 g/mol. The van der Waals surface area contributed by atoms with Crippen LogP contribution in [0.15, 0.2) is 42.9 Å². The van der Waals surface area contributed by atoms with Gasteiger partial charge in [-0.15, -0.1) is 0 Å². The van der Waals surface area contributed by atoms with E-state index in [9.17, 15) is 4.79 Å². The van der Waals surface area contributed by atoms with Crippen molar-refractivity contribution in [3.05, 3.63) is 59.1 Å². The van der Waals surface area contributed by atoms with Gasteiger partial charge in [-0.2, -0.15) is 0 Å². The Kier molecular flexibility index (Phi) is 4.88. The molecule has 1 aromatic carbocycles. The summed E-state index contributed by atoms with van der Waals surface area (Å²) in [5, 5.41) is 3.70. The molecule has 0 radical (unpaired) electrons. The van der Waals surface area contributed by atoms with E-state index in [0.29, 0.717) is 30.5 Å². The van der Waals surface area contributed by atoms with Crippen LogP contribution in [0.4, 0.5) is 0 Å². The van der Waals surface area contributed by atoms with E-state index in [0.717, 1.165) is 12.8 Å². The van der Waals surface area contributed by atoms with Gasteiger partial charge >= 0.3 is 0 Å². The summed E-state index contributed by atoms with van der Waals surface area (Å²) >= 11 is 5.99. The molecular formula is C17H18ClN3O2. The van der Waals surface area contributed by atoms with Crippen molar-refractivity contribution in [3.63, 3.8) is 0 Å². The lowest BCUT2D eigenvalue weighted by atomic mass is 9.74. The lowest BCUT2D eigenvalue weighted by Crippen LogP contribution is -2.44. The highest BCUT2D eigenvalue weighted by molar-refractivity contribution is 6.30. The Balaban J connectivity index is 1.77.